The topological polar surface area (TPSA) is 88.2 Å². The summed E-state index contributed by atoms with van der Waals surface area (Å²) < 4.78 is 11.0. The summed E-state index contributed by atoms with van der Waals surface area (Å²) in [6.07, 6.45) is 3.99. The number of nitrogens with one attached hydrogen (secondary N) is 1. The van der Waals surface area contributed by atoms with E-state index in [1.54, 1.807) is 35.3 Å². The second-order valence-corrected chi connectivity index (χ2v) is 8.35. The van der Waals surface area contributed by atoms with Crippen molar-refractivity contribution in [3.8, 4) is 0 Å². The first-order chi connectivity index (χ1) is 14.4. The summed E-state index contributed by atoms with van der Waals surface area (Å²) >= 11 is 7.02. The number of morpholine rings is 1. The number of ether oxygens (including phenoxy) is 2. The van der Waals surface area contributed by atoms with Crippen LogP contribution in [0.2, 0.25) is 4.34 Å². The van der Waals surface area contributed by atoms with Crippen LogP contribution in [0.5, 0.6) is 0 Å². The first-order valence-corrected chi connectivity index (χ1v) is 10.5. The van der Waals surface area contributed by atoms with Crippen LogP contribution in [0.15, 0.2) is 48.3 Å². The van der Waals surface area contributed by atoms with Gasteiger partial charge in [-0.25, -0.2) is 4.79 Å². The molecule has 0 saturated carbocycles. The van der Waals surface area contributed by atoms with Crippen LogP contribution < -0.4 is 5.32 Å². The number of carbonyl (C=O) groups excluding carboxylic acids is 3. The molecule has 3 rings (SSSR count). The number of hydrogen-bond donors (Lipinski definition) is 1. The molecule has 8 nitrogen and oxygen atoms in total. The largest absolute Gasteiger partial charge is 0.442 e. The van der Waals surface area contributed by atoms with Crippen LogP contribution in [0.3, 0.4) is 0 Å². The van der Waals surface area contributed by atoms with Gasteiger partial charge in [0.15, 0.2) is 0 Å². The molecule has 0 aliphatic carbocycles. The monoisotopic (exact) mass is 451 g/mol. The minimum absolute atomic E-state index is 0.0622. The van der Waals surface area contributed by atoms with Crippen molar-refractivity contribution in [1.29, 1.82) is 0 Å². The third kappa shape index (κ3) is 5.29. The number of rotatable bonds is 7. The number of cyclic esters (lactones) is 1. The maximum atomic E-state index is 12.3. The Hall–Kier alpha value is -2.62. The minimum atomic E-state index is -0.520. The summed E-state index contributed by atoms with van der Waals surface area (Å²) in [6, 6.07) is 3.29. The Labute approximate surface area is 183 Å². The number of amides is 3. The zero-order valence-corrected chi connectivity index (χ0v) is 18.0. The van der Waals surface area contributed by atoms with Crippen molar-refractivity contribution < 1.29 is 23.9 Å². The molecular weight excluding hydrogens is 430 g/mol. The molecule has 1 atom stereocenters. The van der Waals surface area contributed by atoms with Gasteiger partial charge in [0, 0.05) is 17.9 Å². The molecule has 3 amide bonds. The van der Waals surface area contributed by atoms with E-state index < -0.39 is 12.2 Å². The van der Waals surface area contributed by atoms with Crippen molar-refractivity contribution in [1.82, 2.24) is 15.1 Å². The maximum Gasteiger partial charge on any atom is 0.414 e. The van der Waals surface area contributed by atoms with Crippen molar-refractivity contribution in [2.24, 2.45) is 0 Å². The van der Waals surface area contributed by atoms with Gasteiger partial charge >= 0.3 is 6.09 Å². The third-order valence-electron chi connectivity index (χ3n) is 4.59. The van der Waals surface area contributed by atoms with Gasteiger partial charge in [0.2, 0.25) is 0 Å². The van der Waals surface area contributed by atoms with E-state index in [9.17, 15) is 14.4 Å². The average molecular weight is 452 g/mol. The highest BCUT2D eigenvalue weighted by Crippen LogP contribution is 2.22. The highest BCUT2D eigenvalue weighted by atomic mass is 35.5. The van der Waals surface area contributed by atoms with Crippen molar-refractivity contribution in [2.75, 3.05) is 32.8 Å². The first kappa shape index (κ1) is 22.1. The van der Waals surface area contributed by atoms with E-state index >= 15 is 0 Å². The number of nitrogens with zero attached hydrogens (tertiary/aromatic N) is 2. The lowest BCUT2D eigenvalue weighted by Gasteiger charge is -2.27. The Bertz CT molecular complexity index is 910. The van der Waals surface area contributed by atoms with E-state index in [2.05, 4.69) is 11.9 Å². The minimum Gasteiger partial charge on any atom is -0.442 e. The molecule has 160 valence electrons. The maximum absolute atomic E-state index is 12.3. The predicted molar refractivity (Wildman–Crippen MR) is 113 cm³/mol. The quantitative estimate of drug-likeness (QED) is 0.644. The van der Waals surface area contributed by atoms with E-state index in [0.717, 1.165) is 5.70 Å². The second-order valence-electron chi connectivity index (χ2n) is 6.63. The molecule has 0 spiro atoms. The molecule has 1 unspecified atom stereocenters. The molecule has 2 saturated heterocycles. The van der Waals surface area contributed by atoms with E-state index in [1.807, 2.05) is 6.92 Å². The Morgan fingerprint density at radius 3 is 2.83 bits per heavy atom. The summed E-state index contributed by atoms with van der Waals surface area (Å²) in [5.74, 6) is -0.374. The SMILES string of the molecule is C=CC(=CC=C(C)N1CCOCC1=O)N1CC(CNC(=O)c2ccc(Cl)s2)OC1=O. The summed E-state index contributed by atoms with van der Waals surface area (Å²) in [7, 11) is 0. The van der Waals surface area contributed by atoms with Gasteiger partial charge in [-0.15, -0.1) is 11.3 Å². The summed E-state index contributed by atoms with van der Waals surface area (Å²) in [6.45, 7) is 7.06. The van der Waals surface area contributed by atoms with E-state index in [-0.39, 0.29) is 31.5 Å². The third-order valence-corrected chi connectivity index (χ3v) is 5.82. The van der Waals surface area contributed by atoms with Crippen molar-refractivity contribution in [3.63, 3.8) is 0 Å². The molecule has 0 aromatic carbocycles. The standard InChI is InChI=1S/C20H22ClN3O5S/c1-3-14(5-4-13(2)23-8-9-28-12-18(23)25)24-11-15(29-20(24)27)10-22-19(26)16-6-7-17(21)30-16/h3-7,15H,1,8-12H2,2H3,(H,22,26). The normalized spacial score (nSPS) is 20.4. The van der Waals surface area contributed by atoms with Gasteiger partial charge < -0.3 is 19.7 Å². The lowest BCUT2D eigenvalue weighted by atomic mass is 10.2. The van der Waals surface area contributed by atoms with E-state index in [1.165, 1.54) is 16.2 Å². The molecule has 30 heavy (non-hydrogen) atoms. The van der Waals surface area contributed by atoms with Crippen LogP contribution in [0.1, 0.15) is 16.6 Å². The average Bonchev–Trinajstić information content (AvgIpc) is 3.32. The fourth-order valence-corrected chi connectivity index (χ4v) is 3.98. The van der Waals surface area contributed by atoms with E-state index in [0.29, 0.717) is 28.1 Å². The van der Waals surface area contributed by atoms with Gasteiger partial charge in [0.1, 0.15) is 12.7 Å². The van der Waals surface area contributed by atoms with Gasteiger partial charge in [0.05, 0.1) is 28.9 Å². The van der Waals surface area contributed by atoms with Crippen molar-refractivity contribution in [2.45, 2.75) is 13.0 Å². The summed E-state index contributed by atoms with van der Waals surface area (Å²) in [5.41, 5.74) is 1.28. The fraction of sp³-hybridized carbons (Fsp3) is 0.350. The Balaban J connectivity index is 1.60. The van der Waals surface area contributed by atoms with Gasteiger partial charge in [0.25, 0.3) is 11.8 Å². The highest BCUT2D eigenvalue weighted by molar-refractivity contribution is 7.17. The molecule has 10 heteroatoms. The van der Waals surface area contributed by atoms with Gasteiger partial charge in [-0.2, -0.15) is 0 Å². The molecule has 3 heterocycles. The number of hydrogen-bond acceptors (Lipinski definition) is 6. The highest BCUT2D eigenvalue weighted by Gasteiger charge is 2.33. The van der Waals surface area contributed by atoms with Gasteiger partial charge in [-0.1, -0.05) is 18.2 Å². The predicted octanol–water partition coefficient (Wildman–Crippen LogP) is 2.78. The number of allylic oxidation sites excluding steroid dienone is 4. The zero-order chi connectivity index (χ0) is 21.7. The zero-order valence-electron chi connectivity index (χ0n) is 16.4. The van der Waals surface area contributed by atoms with E-state index in [4.69, 9.17) is 21.1 Å². The number of halogens is 1. The van der Waals surface area contributed by atoms with Gasteiger partial charge in [-0.05, 0) is 37.3 Å². The first-order valence-electron chi connectivity index (χ1n) is 9.30. The Morgan fingerprint density at radius 1 is 1.37 bits per heavy atom. The molecule has 1 aromatic rings. The molecule has 2 aliphatic heterocycles. The molecule has 2 aliphatic rings. The smallest absolute Gasteiger partial charge is 0.414 e. The fourth-order valence-electron chi connectivity index (χ4n) is 3.02. The van der Waals surface area contributed by atoms with Crippen molar-refractivity contribution >= 4 is 40.8 Å². The molecule has 0 bridgehead atoms. The van der Waals surface area contributed by atoms with Crippen LogP contribution in [-0.4, -0.2) is 66.7 Å². The number of thiophene rings is 1. The van der Waals surface area contributed by atoms with Crippen LogP contribution >= 0.6 is 22.9 Å². The van der Waals surface area contributed by atoms with Crippen LogP contribution in [0.4, 0.5) is 4.79 Å². The second kappa shape index (κ2) is 9.92. The summed E-state index contributed by atoms with van der Waals surface area (Å²) in [4.78, 5) is 39.9. The lowest BCUT2D eigenvalue weighted by molar-refractivity contribution is -0.139. The molecule has 0 radical (unpaired) electrons. The molecule has 1 N–H and O–H groups in total. The van der Waals surface area contributed by atoms with Gasteiger partial charge in [-0.3, -0.25) is 14.5 Å². The Morgan fingerprint density at radius 2 is 2.17 bits per heavy atom. The molecule has 2 fully saturated rings. The van der Waals surface area contributed by atoms with Crippen molar-refractivity contribution in [3.05, 3.63) is 57.5 Å². The Kier molecular flexibility index (Phi) is 7.30. The molecule has 1 aromatic heterocycles. The summed E-state index contributed by atoms with van der Waals surface area (Å²) in [5, 5.41) is 2.75. The van der Waals surface area contributed by atoms with Crippen LogP contribution in [-0.2, 0) is 14.3 Å². The molecular formula is C20H22ClN3O5S. The lowest BCUT2D eigenvalue weighted by Crippen LogP contribution is -2.40. The number of carbonyl (C=O) groups is 3. The van der Waals surface area contributed by atoms with Crippen LogP contribution in [0.25, 0.3) is 0 Å². The van der Waals surface area contributed by atoms with Crippen LogP contribution in [0, 0.1) is 0 Å².